The summed E-state index contributed by atoms with van der Waals surface area (Å²) in [5.41, 5.74) is 0.793. The minimum atomic E-state index is -0.207. The monoisotopic (exact) mass is 359 g/mol. The SMILES string of the molecule is CC(C)(C)c1nc(CSc2n[nH]c(=O)n2CCc2ccccc2)no1. The van der Waals surface area contributed by atoms with Gasteiger partial charge in [-0.2, -0.15) is 4.98 Å². The average Bonchev–Trinajstić information content (AvgIpc) is 3.19. The number of aromatic amines is 1. The molecular weight excluding hydrogens is 338 g/mol. The van der Waals surface area contributed by atoms with E-state index in [0.717, 1.165) is 6.42 Å². The normalized spacial score (nSPS) is 11.8. The summed E-state index contributed by atoms with van der Waals surface area (Å²) in [4.78, 5) is 16.4. The third kappa shape index (κ3) is 4.39. The van der Waals surface area contributed by atoms with Gasteiger partial charge < -0.3 is 4.52 Å². The van der Waals surface area contributed by atoms with E-state index in [4.69, 9.17) is 4.52 Å². The van der Waals surface area contributed by atoms with Crippen LogP contribution in [-0.4, -0.2) is 24.9 Å². The van der Waals surface area contributed by atoms with E-state index in [1.807, 2.05) is 51.1 Å². The molecule has 0 amide bonds. The van der Waals surface area contributed by atoms with Crippen molar-refractivity contribution < 1.29 is 4.52 Å². The second-order valence-electron chi connectivity index (χ2n) is 6.75. The number of H-pyrrole nitrogens is 1. The van der Waals surface area contributed by atoms with E-state index in [0.29, 0.717) is 29.2 Å². The van der Waals surface area contributed by atoms with Crippen LogP contribution in [0.5, 0.6) is 0 Å². The number of aryl methyl sites for hydroxylation is 1. The maximum atomic E-state index is 12.0. The van der Waals surface area contributed by atoms with Gasteiger partial charge in [0, 0.05) is 12.0 Å². The van der Waals surface area contributed by atoms with Crippen LogP contribution in [0.15, 0.2) is 44.8 Å². The van der Waals surface area contributed by atoms with E-state index in [2.05, 4.69) is 20.3 Å². The van der Waals surface area contributed by atoms with Gasteiger partial charge in [0.1, 0.15) is 0 Å². The van der Waals surface area contributed by atoms with Crippen molar-refractivity contribution in [3.8, 4) is 0 Å². The molecule has 0 aliphatic rings. The molecule has 3 aromatic rings. The summed E-state index contributed by atoms with van der Waals surface area (Å²) in [6.07, 6.45) is 0.768. The first-order chi connectivity index (χ1) is 11.9. The highest BCUT2D eigenvalue weighted by molar-refractivity contribution is 7.98. The number of nitrogens with one attached hydrogen (secondary N) is 1. The van der Waals surface area contributed by atoms with Crippen LogP contribution in [0.4, 0.5) is 0 Å². The molecule has 0 aliphatic heterocycles. The van der Waals surface area contributed by atoms with Crippen LogP contribution < -0.4 is 5.69 Å². The van der Waals surface area contributed by atoms with Crippen LogP contribution in [-0.2, 0) is 24.1 Å². The van der Waals surface area contributed by atoms with Crippen molar-refractivity contribution in [2.45, 2.75) is 50.1 Å². The molecule has 2 aromatic heterocycles. The van der Waals surface area contributed by atoms with Crippen molar-refractivity contribution in [1.29, 1.82) is 0 Å². The summed E-state index contributed by atoms with van der Waals surface area (Å²) in [6, 6.07) is 10.1. The number of nitrogens with zero attached hydrogens (tertiary/aromatic N) is 4. The molecular formula is C17H21N5O2S. The Hall–Kier alpha value is -2.35. The third-order valence-corrected chi connectivity index (χ3v) is 4.60. The molecule has 0 spiro atoms. The molecule has 0 saturated carbocycles. The Bertz CT molecular complexity index is 876. The highest BCUT2D eigenvalue weighted by Gasteiger charge is 2.22. The van der Waals surface area contributed by atoms with Gasteiger partial charge in [-0.15, -0.1) is 5.10 Å². The lowest BCUT2D eigenvalue weighted by Crippen LogP contribution is -2.18. The zero-order valence-corrected chi connectivity index (χ0v) is 15.3. The second kappa shape index (κ2) is 7.26. The number of benzene rings is 1. The minimum absolute atomic E-state index is 0.181. The summed E-state index contributed by atoms with van der Waals surface area (Å²) < 4.78 is 6.93. The number of hydrogen-bond acceptors (Lipinski definition) is 6. The summed E-state index contributed by atoms with van der Waals surface area (Å²) in [5, 5.41) is 11.2. The van der Waals surface area contributed by atoms with E-state index in [9.17, 15) is 4.79 Å². The van der Waals surface area contributed by atoms with Gasteiger partial charge >= 0.3 is 5.69 Å². The second-order valence-corrected chi connectivity index (χ2v) is 7.70. The molecule has 2 heterocycles. The number of rotatable bonds is 6. The predicted molar refractivity (Wildman–Crippen MR) is 95.6 cm³/mol. The first-order valence-electron chi connectivity index (χ1n) is 8.08. The Morgan fingerprint density at radius 2 is 2.00 bits per heavy atom. The lowest BCUT2D eigenvalue weighted by molar-refractivity contribution is 0.319. The van der Waals surface area contributed by atoms with Gasteiger partial charge in [-0.1, -0.05) is 68.0 Å². The van der Waals surface area contributed by atoms with Gasteiger partial charge in [0.05, 0.1) is 5.75 Å². The lowest BCUT2D eigenvalue weighted by Gasteiger charge is -2.10. The largest absolute Gasteiger partial charge is 0.343 e. The van der Waals surface area contributed by atoms with E-state index < -0.39 is 0 Å². The van der Waals surface area contributed by atoms with Crippen LogP contribution in [0.3, 0.4) is 0 Å². The Morgan fingerprint density at radius 3 is 2.68 bits per heavy atom. The Labute approximate surface area is 149 Å². The Morgan fingerprint density at radius 1 is 1.24 bits per heavy atom. The fraction of sp³-hybridized carbons (Fsp3) is 0.412. The van der Waals surface area contributed by atoms with Crippen molar-refractivity contribution in [1.82, 2.24) is 24.9 Å². The molecule has 0 unspecified atom stereocenters. The fourth-order valence-corrected chi connectivity index (χ4v) is 3.06. The molecule has 0 fully saturated rings. The molecule has 25 heavy (non-hydrogen) atoms. The predicted octanol–water partition coefficient (Wildman–Crippen LogP) is 2.79. The Kier molecular flexibility index (Phi) is 5.08. The minimum Gasteiger partial charge on any atom is -0.339 e. The number of hydrogen-bond donors (Lipinski definition) is 1. The van der Waals surface area contributed by atoms with E-state index >= 15 is 0 Å². The summed E-state index contributed by atoms with van der Waals surface area (Å²) in [6.45, 7) is 6.63. The molecule has 3 rings (SSSR count). The van der Waals surface area contributed by atoms with Crippen molar-refractivity contribution in [3.63, 3.8) is 0 Å². The van der Waals surface area contributed by atoms with Crippen LogP contribution in [0.1, 0.15) is 38.0 Å². The average molecular weight is 359 g/mol. The molecule has 1 N–H and O–H groups in total. The van der Waals surface area contributed by atoms with Gasteiger partial charge in [0.25, 0.3) is 0 Å². The Balaban J connectivity index is 1.65. The van der Waals surface area contributed by atoms with Gasteiger partial charge in [0.15, 0.2) is 11.0 Å². The zero-order chi connectivity index (χ0) is 17.9. The van der Waals surface area contributed by atoms with Gasteiger partial charge in [0.2, 0.25) is 5.89 Å². The first-order valence-corrected chi connectivity index (χ1v) is 9.07. The molecule has 7 nitrogen and oxygen atoms in total. The molecule has 132 valence electrons. The van der Waals surface area contributed by atoms with Crippen molar-refractivity contribution in [2.75, 3.05) is 0 Å². The van der Waals surface area contributed by atoms with Crippen molar-refractivity contribution in [3.05, 3.63) is 58.1 Å². The number of thioether (sulfide) groups is 1. The van der Waals surface area contributed by atoms with Gasteiger partial charge in [-0.25, -0.2) is 9.89 Å². The van der Waals surface area contributed by atoms with Crippen LogP contribution in [0, 0.1) is 0 Å². The molecule has 8 heteroatoms. The molecule has 0 saturated heterocycles. The van der Waals surface area contributed by atoms with Crippen LogP contribution in [0.2, 0.25) is 0 Å². The molecule has 1 aromatic carbocycles. The van der Waals surface area contributed by atoms with E-state index in [1.165, 1.54) is 17.3 Å². The molecule has 0 bridgehead atoms. The summed E-state index contributed by atoms with van der Waals surface area (Å²) in [5.74, 6) is 1.70. The smallest absolute Gasteiger partial charge is 0.339 e. The maximum absolute atomic E-state index is 12.0. The van der Waals surface area contributed by atoms with Crippen molar-refractivity contribution >= 4 is 11.8 Å². The molecule has 0 radical (unpaired) electrons. The third-order valence-electron chi connectivity index (χ3n) is 3.63. The van der Waals surface area contributed by atoms with Crippen molar-refractivity contribution in [2.24, 2.45) is 0 Å². The van der Waals surface area contributed by atoms with E-state index in [-0.39, 0.29) is 11.1 Å². The lowest BCUT2D eigenvalue weighted by atomic mass is 9.97. The summed E-state index contributed by atoms with van der Waals surface area (Å²) >= 11 is 1.42. The highest BCUT2D eigenvalue weighted by Crippen LogP contribution is 2.23. The van der Waals surface area contributed by atoms with Gasteiger partial charge in [-0.05, 0) is 12.0 Å². The quantitative estimate of drug-likeness (QED) is 0.681. The van der Waals surface area contributed by atoms with E-state index in [1.54, 1.807) is 4.57 Å². The molecule has 0 aliphatic carbocycles. The zero-order valence-electron chi connectivity index (χ0n) is 14.5. The maximum Gasteiger partial charge on any atom is 0.343 e. The first kappa shape index (κ1) is 17.5. The topological polar surface area (TPSA) is 89.6 Å². The fourth-order valence-electron chi connectivity index (χ4n) is 2.24. The van der Waals surface area contributed by atoms with Crippen LogP contribution in [0.25, 0.3) is 0 Å². The van der Waals surface area contributed by atoms with Gasteiger partial charge in [-0.3, -0.25) is 4.57 Å². The summed E-state index contributed by atoms with van der Waals surface area (Å²) in [7, 11) is 0. The standard InChI is InChI=1S/C17H21N5O2S/c1-17(2,3)14-18-13(21-24-14)11-25-16-20-19-15(23)22(16)10-9-12-7-5-4-6-8-12/h4-8H,9-11H2,1-3H3,(H,19,23). The molecule has 0 atom stereocenters. The number of aromatic nitrogens is 5. The highest BCUT2D eigenvalue weighted by atomic mass is 32.2. The van der Waals surface area contributed by atoms with Crippen LogP contribution >= 0.6 is 11.8 Å².